The van der Waals surface area contributed by atoms with Gasteiger partial charge in [-0.25, -0.2) is 0 Å². The molecule has 1 saturated heterocycles. The molecule has 0 saturated carbocycles. The number of aromatic nitrogens is 2. The molecule has 3 rings (SSSR count). The molecule has 1 aliphatic heterocycles. The lowest BCUT2D eigenvalue weighted by Gasteiger charge is -2.26. The first-order valence-electron chi connectivity index (χ1n) is 6.15. The van der Waals surface area contributed by atoms with Crippen LogP contribution in [-0.4, -0.2) is 29.5 Å². The fraction of sp³-hybridized carbons (Fsp3) is 0.286. The Morgan fingerprint density at radius 1 is 1.22 bits per heavy atom. The van der Waals surface area contributed by atoms with Crippen LogP contribution in [0.5, 0.6) is 0 Å². The Morgan fingerprint density at radius 3 is 2.67 bits per heavy atom. The molecule has 1 aliphatic rings. The molecule has 2 heterocycles. The molecular formula is C14H15N3O. The maximum atomic E-state index is 5.36. The van der Waals surface area contributed by atoms with Gasteiger partial charge in [0.15, 0.2) is 0 Å². The van der Waals surface area contributed by atoms with Gasteiger partial charge in [-0.1, -0.05) is 12.1 Å². The molecule has 0 bridgehead atoms. The van der Waals surface area contributed by atoms with Gasteiger partial charge in [-0.2, -0.15) is 10.2 Å². The molecule has 1 N–H and O–H groups in total. The van der Waals surface area contributed by atoms with Crippen LogP contribution in [-0.2, 0) is 4.74 Å². The van der Waals surface area contributed by atoms with Crippen LogP contribution in [0.25, 0.3) is 11.3 Å². The number of hydrogen-bond acceptors (Lipinski definition) is 4. The molecular weight excluding hydrogens is 226 g/mol. The van der Waals surface area contributed by atoms with Gasteiger partial charge in [0.1, 0.15) is 0 Å². The maximum Gasteiger partial charge on any atom is 0.0929 e. The lowest BCUT2D eigenvalue weighted by Crippen LogP contribution is -2.33. The van der Waals surface area contributed by atoms with Crippen molar-refractivity contribution in [2.75, 3.05) is 18.5 Å². The zero-order valence-electron chi connectivity index (χ0n) is 10.0. The average Bonchev–Trinajstić information content (AvgIpc) is 2.39. The van der Waals surface area contributed by atoms with E-state index in [1.54, 1.807) is 6.20 Å². The normalized spacial score (nSPS) is 18.1. The monoisotopic (exact) mass is 241 g/mol. The summed E-state index contributed by atoms with van der Waals surface area (Å²) in [6.45, 7) is 1.78. The zero-order chi connectivity index (χ0) is 12.2. The molecule has 1 atom stereocenters. The van der Waals surface area contributed by atoms with E-state index < -0.39 is 0 Å². The predicted octanol–water partition coefficient (Wildman–Crippen LogP) is 2.34. The molecule has 18 heavy (non-hydrogen) atoms. The van der Waals surface area contributed by atoms with Gasteiger partial charge < -0.3 is 10.1 Å². The number of rotatable bonds is 4. The highest BCUT2D eigenvalue weighted by molar-refractivity contribution is 5.62. The number of hydrogen-bond donors (Lipinski definition) is 1. The Bertz CT molecular complexity index is 494. The van der Waals surface area contributed by atoms with Gasteiger partial charge in [0.25, 0.3) is 0 Å². The number of anilines is 1. The molecule has 4 nitrogen and oxygen atoms in total. The van der Waals surface area contributed by atoms with Gasteiger partial charge in [0.05, 0.1) is 11.8 Å². The SMILES string of the molecule is c1cnnc(-c2ccc(NCC3CCO3)cc2)c1. The van der Waals surface area contributed by atoms with Crippen molar-refractivity contribution in [3.8, 4) is 11.3 Å². The third-order valence-corrected chi connectivity index (χ3v) is 3.08. The second-order valence-corrected chi connectivity index (χ2v) is 4.35. The number of nitrogens with one attached hydrogen (secondary N) is 1. The van der Waals surface area contributed by atoms with E-state index in [2.05, 4.69) is 27.6 Å². The van der Waals surface area contributed by atoms with Gasteiger partial charge >= 0.3 is 0 Å². The molecule has 0 aliphatic carbocycles. The summed E-state index contributed by atoms with van der Waals surface area (Å²) < 4.78 is 5.36. The molecule has 0 radical (unpaired) electrons. The molecule has 0 spiro atoms. The van der Waals surface area contributed by atoms with E-state index in [9.17, 15) is 0 Å². The zero-order valence-corrected chi connectivity index (χ0v) is 10.0. The van der Waals surface area contributed by atoms with Gasteiger partial charge in [-0.15, -0.1) is 0 Å². The van der Waals surface area contributed by atoms with E-state index in [-0.39, 0.29) is 0 Å². The van der Waals surface area contributed by atoms with E-state index in [1.165, 1.54) is 0 Å². The van der Waals surface area contributed by atoms with Crippen LogP contribution < -0.4 is 5.32 Å². The molecule has 4 heteroatoms. The molecule has 2 aromatic rings. The van der Waals surface area contributed by atoms with Gasteiger partial charge in [-0.3, -0.25) is 0 Å². The first kappa shape index (κ1) is 11.2. The number of ether oxygens (including phenoxy) is 1. The smallest absolute Gasteiger partial charge is 0.0929 e. The van der Waals surface area contributed by atoms with Crippen molar-refractivity contribution in [3.63, 3.8) is 0 Å². The van der Waals surface area contributed by atoms with Crippen LogP contribution in [0.3, 0.4) is 0 Å². The van der Waals surface area contributed by atoms with Crippen molar-refractivity contribution in [1.82, 2.24) is 10.2 Å². The molecule has 1 aromatic carbocycles. The van der Waals surface area contributed by atoms with Crippen molar-refractivity contribution in [2.45, 2.75) is 12.5 Å². The van der Waals surface area contributed by atoms with Crippen LogP contribution in [0.4, 0.5) is 5.69 Å². The quantitative estimate of drug-likeness (QED) is 0.892. The lowest BCUT2D eigenvalue weighted by molar-refractivity contribution is -0.0410. The summed E-state index contributed by atoms with van der Waals surface area (Å²) in [6, 6.07) is 12.1. The first-order chi connectivity index (χ1) is 8.92. The Hall–Kier alpha value is -1.94. The molecule has 1 aromatic heterocycles. The van der Waals surface area contributed by atoms with Crippen LogP contribution in [0, 0.1) is 0 Å². The molecule has 0 amide bonds. The predicted molar refractivity (Wildman–Crippen MR) is 70.3 cm³/mol. The van der Waals surface area contributed by atoms with E-state index in [4.69, 9.17) is 4.74 Å². The van der Waals surface area contributed by atoms with E-state index in [1.807, 2.05) is 24.3 Å². The topological polar surface area (TPSA) is 47.0 Å². The third-order valence-electron chi connectivity index (χ3n) is 3.08. The Morgan fingerprint density at radius 2 is 2.06 bits per heavy atom. The Balaban J connectivity index is 1.65. The summed E-state index contributed by atoms with van der Waals surface area (Å²) in [5, 5.41) is 11.3. The lowest BCUT2D eigenvalue weighted by atomic mass is 10.1. The summed E-state index contributed by atoms with van der Waals surface area (Å²) in [6.07, 6.45) is 3.22. The minimum Gasteiger partial charge on any atom is -0.382 e. The summed E-state index contributed by atoms with van der Waals surface area (Å²) in [7, 11) is 0. The molecule has 1 fully saturated rings. The summed E-state index contributed by atoms with van der Waals surface area (Å²) in [5.41, 5.74) is 3.08. The Labute approximate surface area is 106 Å². The highest BCUT2D eigenvalue weighted by Crippen LogP contribution is 2.19. The Kier molecular flexibility index (Phi) is 3.19. The van der Waals surface area contributed by atoms with Crippen molar-refractivity contribution >= 4 is 5.69 Å². The summed E-state index contributed by atoms with van der Waals surface area (Å²) in [4.78, 5) is 0. The minimum absolute atomic E-state index is 0.379. The summed E-state index contributed by atoms with van der Waals surface area (Å²) >= 11 is 0. The standard InChI is InChI=1S/C14H15N3O/c1-2-14(17-16-8-1)11-3-5-12(6-4-11)15-10-13-7-9-18-13/h1-6,8,13,15H,7,9-10H2. The third kappa shape index (κ3) is 2.49. The van der Waals surface area contributed by atoms with Gasteiger partial charge in [0.2, 0.25) is 0 Å². The highest BCUT2D eigenvalue weighted by Gasteiger charge is 2.17. The van der Waals surface area contributed by atoms with Crippen molar-refractivity contribution in [1.29, 1.82) is 0 Å². The van der Waals surface area contributed by atoms with E-state index in [0.717, 1.165) is 36.5 Å². The minimum atomic E-state index is 0.379. The van der Waals surface area contributed by atoms with E-state index >= 15 is 0 Å². The summed E-state index contributed by atoms with van der Waals surface area (Å²) in [5.74, 6) is 0. The fourth-order valence-electron chi connectivity index (χ4n) is 1.89. The van der Waals surface area contributed by atoms with E-state index in [0.29, 0.717) is 6.10 Å². The number of nitrogens with zero attached hydrogens (tertiary/aromatic N) is 2. The molecule has 92 valence electrons. The van der Waals surface area contributed by atoms with Crippen molar-refractivity contribution in [2.24, 2.45) is 0 Å². The van der Waals surface area contributed by atoms with Crippen LogP contribution >= 0.6 is 0 Å². The van der Waals surface area contributed by atoms with Gasteiger partial charge in [0, 0.05) is 30.6 Å². The maximum absolute atomic E-state index is 5.36. The van der Waals surface area contributed by atoms with Gasteiger partial charge in [-0.05, 0) is 30.7 Å². The average molecular weight is 241 g/mol. The number of benzene rings is 1. The second-order valence-electron chi connectivity index (χ2n) is 4.35. The van der Waals surface area contributed by atoms with Crippen molar-refractivity contribution in [3.05, 3.63) is 42.6 Å². The second kappa shape index (κ2) is 5.14. The van der Waals surface area contributed by atoms with Crippen molar-refractivity contribution < 1.29 is 4.74 Å². The van der Waals surface area contributed by atoms with Crippen LogP contribution in [0.1, 0.15) is 6.42 Å². The van der Waals surface area contributed by atoms with Crippen LogP contribution in [0.15, 0.2) is 42.6 Å². The first-order valence-corrected chi connectivity index (χ1v) is 6.15. The fourth-order valence-corrected chi connectivity index (χ4v) is 1.89. The largest absolute Gasteiger partial charge is 0.382 e. The molecule has 1 unspecified atom stereocenters. The van der Waals surface area contributed by atoms with Crippen LogP contribution in [0.2, 0.25) is 0 Å². The highest BCUT2D eigenvalue weighted by atomic mass is 16.5.